The maximum atomic E-state index is 5.52. The van der Waals surface area contributed by atoms with Gasteiger partial charge in [0.2, 0.25) is 5.95 Å². The van der Waals surface area contributed by atoms with Gasteiger partial charge in [0.25, 0.3) is 0 Å². The highest BCUT2D eigenvalue weighted by atomic mass is 16.5. The Kier molecular flexibility index (Phi) is 3.47. The summed E-state index contributed by atoms with van der Waals surface area (Å²) >= 11 is 0. The van der Waals surface area contributed by atoms with Gasteiger partial charge >= 0.3 is 0 Å². The maximum Gasteiger partial charge on any atom is 0.221 e. The number of hydrogen-bond acceptors (Lipinski definition) is 6. The molecule has 1 heterocycles. The Bertz CT molecular complexity index is 545. The van der Waals surface area contributed by atoms with Gasteiger partial charge in [-0.05, 0) is 18.2 Å². The first-order valence-corrected chi connectivity index (χ1v) is 5.30. The van der Waals surface area contributed by atoms with E-state index in [4.69, 9.17) is 15.2 Å². The van der Waals surface area contributed by atoms with E-state index >= 15 is 0 Å². The van der Waals surface area contributed by atoms with Crippen molar-refractivity contribution < 1.29 is 9.47 Å². The molecule has 0 amide bonds. The molecule has 0 aliphatic carbocycles. The lowest BCUT2D eigenvalue weighted by Gasteiger charge is -2.12. The van der Waals surface area contributed by atoms with Gasteiger partial charge in [-0.15, -0.1) is 0 Å². The van der Waals surface area contributed by atoms with Gasteiger partial charge in [0.1, 0.15) is 17.3 Å². The molecule has 0 aliphatic heterocycles. The molecular weight excluding hydrogens is 232 g/mol. The van der Waals surface area contributed by atoms with Crippen LogP contribution in [0.4, 0.5) is 17.5 Å². The Morgan fingerprint density at radius 2 is 2.00 bits per heavy atom. The van der Waals surface area contributed by atoms with E-state index in [0.717, 1.165) is 11.4 Å². The number of nitrogens with one attached hydrogen (secondary N) is 1. The normalized spacial score (nSPS) is 9.89. The SMILES string of the molecule is COc1ccc(OC)c(Nc2ccnc(N)n2)c1. The van der Waals surface area contributed by atoms with Crippen molar-refractivity contribution in [3.05, 3.63) is 30.5 Å². The van der Waals surface area contributed by atoms with Crippen molar-refractivity contribution in [2.75, 3.05) is 25.3 Å². The molecule has 18 heavy (non-hydrogen) atoms. The third-order valence-corrected chi connectivity index (χ3v) is 2.34. The highest BCUT2D eigenvalue weighted by Crippen LogP contribution is 2.30. The summed E-state index contributed by atoms with van der Waals surface area (Å²) in [4.78, 5) is 7.89. The molecule has 1 aromatic carbocycles. The minimum absolute atomic E-state index is 0.210. The van der Waals surface area contributed by atoms with Crippen LogP contribution in [0.1, 0.15) is 0 Å². The van der Waals surface area contributed by atoms with Crippen molar-refractivity contribution in [2.45, 2.75) is 0 Å². The van der Waals surface area contributed by atoms with E-state index in [1.54, 1.807) is 26.5 Å². The number of benzene rings is 1. The van der Waals surface area contributed by atoms with Crippen molar-refractivity contribution >= 4 is 17.5 Å². The Labute approximate surface area is 105 Å². The number of nitrogen functional groups attached to an aromatic ring is 1. The molecule has 0 spiro atoms. The fraction of sp³-hybridized carbons (Fsp3) is 0.167. The fourth-order valence-corrected chi connectivity index (χ4v) is 1.49. The number of methoxy groups -OCH3 is 2. The second-order valence-electron chi connectivity index (χ2n) is 3.49. The maximum absolute atomic E-state index is 5.52. The number of ether oxygens (including phenoxy) is 2. The number of anilines is 3. The van der Waals surface area contributed by atoms with Crippen molar-refractivity contribution in [3.8, 4) is 11.5 Å². The zero-order valence-electron chi connectivity index (χ0n) is 10.2. The Morgan fingerprint density at radius 3 is 2.67 bits per heavy atom. The van der Waals surface area contributed by atoms with Crippen LogP contribution in [-0.2, 0) is 0 Å². The van der Waals surface area contributed by atoms with Gasteiger partial charge < -0.3 is 20.5 Å². The summed E-state index contributed by atoms with van der Waals surface area (Å²) in [6.45, 7) is 0. The fourth-order valence-electron chi connectivity index (χ4n) is 1.49. The molecule has 1 aromatic heterocycles. The van der Waals surface area contributed by atoms with E-state index in [0.29, 0.717) is 11.6 Å². The summed E-state index contributed by atoms with van der Waals surface area (Å²) in [5.41, 5.74) is 6.27. The molecule has 3 N–H and O–H groups in total. The molecule has 0 aliphatic rings. The van der Waals surface area contributed by atoms with E-state index in [9.17, 15) is 0 Å². The lowest BCUT2D eigenvalue weighted by atomic mass is 10.2. The predicted molar refractivity (Wildman–Crippen MR) is 69.3 cm³/mol. The van der Waals surface area contributed by atoms with E-state index in [-0.39, 0.29) is 5.95 Å². The van der Waals surface area contributed by atoms with Gasteiger partial charge in [-0.25, -0.2) is 4.98 Å². The molecule has 2 rings (SSSR count). The average molecular weight is 246 g/mol. The lowest BCUT2D eigenvalue weighted by molar-refractivity contribution is 0.405. The van der Waals surface area contributed by atoms with E-state index in [1.165, 1.54) is 0 Å². The molecule has 0 saturated carbocycles. The van der Waals surface area contributed by atoms with E-state index < -0.39 is 0 Å². The van der Waals surface area contributed by atoms with Crippen LogP contribution in [0.5, 0.6) is 11.5 Å². The van der Waals surface area contributed by atoms with Crippen molar-refractivity contribution in [1.29, 1.82) is 0 Å². The molecule has 0 unspecified atom stereocenters. The zero-order valence-corrected chi connectivity index (χ0v) is 10.2. The van der Waals surface area contributed by atoms with Crippen LogP contribution in [0, 0.1) is 0 Å². The van der Waals surface area contributed by atoms with Gasteiger partial charge in [-0.1, -0.05) is 0 Å². The van der Waals surface area contributed by atoms with Crippen LogP contribution in [-0.4, -0.2) is 24.2 Å². The first-order valence-electron chi connectivity index (χ1n) is 5.30. The van der Waals surface area contributed by atoms with Crippen LogP contribution < -0.4 is 20.5 Å². The zero-order chi connectivity index (χ0) is 13.0. The van der Waals surface area contributed by atoms with Crippen molar-refractivity contribution in [1.82, 2.24) is 9.97 Å². The molecule has 6 nitrogen and oxygen atoms in total. The number of aromatic nitrogens is 2. The summed E-state index contributed by atoms with van der Waals surface area (Å²) in [6, 6.07) is 7.16. The molecule has 0 fully saturated rings. The molecule has 0 radical (unpaired) electrons. The molecule has 0 atom stereocenters. The van der Waals surface area contributed by atoms with E-state index in [2.05, 4.69) is 15.3 Å². The minimum atomic E-state index is 0.210. The molecule has 0 bridgehead atoms. The summed E-state index contributed by atoms with van der Waals surface area (Å²) in [7, 11) is 3.20. The number of hydrogen-bond donors (Lipinski definition) is 2. The van der Waals surface area contributed by atoms with Crippen LogP contribution in [0.2, 0.25) is 0 Å². The number of nitrogens with zero attached hydrogens (tertiary/aromatic N) is 2. The second-order valence-corrected chi connectivity index (χ2v) is 3.49. The van der Waals surface area contributed by atoms with Gasteiger partial charge in [0, 0.05) is 12.3 Å². The van der Waals surface area contributed by atoms with Crippen LogP contribution in [0.15, 0.2) is 30.5 Å². The lowest BCUT2D eigenvalue weighted by Crippen LogP contribution is -2.00. The highest BCUT2D eigenvalue weighted by Gasteiger charge is 2.06. The monoisotopic (exact) mass is 246 g/mol. The van der Waals surface area contributed by atoms with Gasteiger partial charge in [-0.2, -0.15) is 4.98 Å². The molecule has 94 valence electrons. The third kappa shape index (κ3) is 2.60. The molecule has 6 heteroatoms. The van der Waals surface area contributed by atoms with Gasteiger partial charge in [0.15, 0.2) is 0 Å². The number of nitrogens with two attached hydrogens (primary N) is 1. The average Bonchev–Trinajstić information content (AvgIpc) is 2.38. The number of rotatable bonds is 4. The Morgan fingerprint density at radius 1 is 1.17 bits per heavy atom. The standard InChI is InChI=1S/C12H14N4O2/c1-17-8-3-4-10(18-2)9(7-8)15-11-5-6-14-12(13)16-11/h3-7H,1-2H3,(H3,13,14,15,16). The molecular formula is C12H14N4O2. The van der Waals surface area contributed by atoms with Crippen molar-refractivity contribution in [2.24, 2.45) is 0 Å². The molecule has 2 aromatic rings. The summed E-state index contributed by atoms with van der Waals surface area (Å²) in [6.07, 6.45) is 1.58. The Hall–Kier alpha value is -2.50. The highest BCUT2D eigenvalue weighted by molar-refractivity contribution is 5.66. The Balaban J connectivity index is 2.32. The first kappa shape index (κ1) is 12.0. The second kappa shape index (κ2) is 5.22. The quantitative estimate of drug-likeness (QED) is 0.856. The van der Waals surface area contributed by atoms with Gasteiger partial charge in [-0.3, -0.25) is 0 Å². The largest absolute Gasteiger partial charge is 0.497 e. The van der Waals surface area contributed by atoms with Crippen LogP contribution >= 0.6 is 0 Å². The van der Waals surface area contributed by atoms with Gasteiger partial charge in [0.05, 0.1) is 19.9 Å². The smallest absolute Gasteiger partial charge is 0.221 e. The summed E-state index contributed by atoms with van der Waals surface area (Å²) in [5.74, 6) is 2.21. The summed E-state index contributed by atoms with van der Waals surface area (Å²) < 4.78 is 10.4. The topological polar surface area (TPSA) is 82.3 Å². The van der Waals surface area contributed by atoms with Crippen LogP contribution in [0.3, 0.4) is 0 Å². The summed E-state index contributed by atoms with van der Waals surface area (Å²) in [5, 5.41) is 3.10. The minimum Gasteiger partial charge on any atom is -0.497 e. The van der Waals surface area contributed by atoms with Crippen LogP contribution in [0.25, 0.3) is 0 Å². The third-order valence-electron chi connectivity index (χ3n) is 2.34. The predicted octanol–water partition coefficient (Wildman–Crippen LogP) is 1.82. The van der Waals surface area contributed by atoms with E-state index in [1.807, 2.05) is 18.2 Å². The molecule has 0 saturated heterocycles. The first-order chi connectivity index (χ1) is 8.72. The van der Waals surface area contributed by atoms with Crippen molar-refractivity contribution in [3.63, 3.8) is 0 Å².